The molecule has 2 aromatic rings. The number of halogens is 3. The minimum absolute atomic E-state index is 0.171. The van der Waals surface area contributed by atoms with Gasteiger partial charge in [-0.1, -0.05) is 29.9 Å². The highest BCUT2D eigenvalue weighted by Gasteiger charge is 2.39. The highest BCUT2D eigenvalue weighted by atomic mass is 32.1. The number of urea groups is 1. The highest BCUT2D eigenvalue weighted by molar-refractivity contribution is 7.07. The van der Waals surface area contributed by atoms with Gasteiger partial charge < -0.3 is 15.5 Å². The number of rotatable bonds is 5. The van der Waals surface area contributed by atoms with E-state index < -0.39 is 23.2 Å². The number of nitrogens with zero attached hydrogens (tertiary/aromatic N) is 2. The van der Waals surface area contributed by atoms with Gasteiger partial charge in [0.05, 0.1) is 22.7 Å². The minimum atomic E-state index is -4.45. The van der Waals surface area contributed by atoms with Crippen molar-refractivity contribution in [1.29, 1.82) is 0 Å². The van der Waals surface area contributed by atoms with E-state index >= 15 is 0 Å². The normalized spacial score (nSPS) is 20.0. The topological polar surface area (TPSA) is 74.3 Å². The Bertz CT molecular complexity index is 1200. The zero-order chi connectivity index (χ0) is 26.8. The van der Waals surface area contributed by atoms with Crippen molar-refractivity contribution < 1.29 is 22.8 Å². The molecule has 2 heterocycles. The Morgan fingerprint density at radius 1 is 1.22 bits per heavy atom. The molecule has 2 unspecified atom stereocenters. The van der Waals surface area contributed by atoms with Crippen molar-refractivity contribution in [3.63, 3.8) is 0 Å². The molecule has 0 saturated carbocycles. The molecule has 10 heteroatoms. The molecule has 0 spiro atoms. The molecule has 1 fully saturated rings. The largest absolute Gasteiger partial charge is 0.416 e. The summed E-state index contributed by atoms with van der Waals surface area (Å²) in [4.78, 5) is 32.1. The molecule has 198 valence electrons. The fraction of sp³-hybridized carbons (Fsp3) is 0.444. The average Bonchev–Trinajstić information content (AvgIpc) is 3.35. The van der Waals surface area contributed by atoms with Crippen LogP contribution in [0, 0.1) is 11.8 Å². The second kappa shape index (κ2) is 10.7. The number of hydrogen-bond donors (Lipinski definition) is 2. The van der Waals surface area contributed by atoms with Gasteiger partial charge >= 0.3 is 12.2 Å². The monoisotopic (exact) mass is 532 g/mol. The number of thiazole rings is 1. The molecule has 1 aliphatic heterocycles. The summed E-state index contributed by atoms with van der Waals surface area (Å²) in [7, 11) is 0. The number of nitrogens with one attached hydrogen (secondary N) is 2. The van der Waals surface area contributed by atoms with E-state index in [9.17, 15) is 22.8 Å². The summed E-state index contributed by atoms with van der Waals surface area (Å²) < 4.78 is 40.2. The van der Waals surface area contributed by atoms with Crippen LogP contribution in [0.1, 0.15) is 44.0 Å². The third-order valence-electron chi connectivity index (χ3n) is 6.50. The van der Waals surface area contributed by atoms with Crippen molar-refractivity contribution in [2.24, 2.45) is 11.8 Å². The Morgan fingerprint density at radius 3 is 2.68 bits per heavy atom. The molecule has 2 aliphatic rings. The van der Waals surface area contributed by atoms with E-state index in [-0.39, 0.29) is 17.9 Å². The first-order chi connectivity index (χ1) is 17.4. The maximum Gasteiger partial charge on any atom is 0.416 e. The van der Waals surface area contributed by atoms with Crippen LogP contribution >= 0.6 is 11.3 Å². The van der Waals surface area contributed by atoms with Gasteiger partial charge in [-0.05, 0) is 50.5 Å². The molecule has 2 N–H and O–H groups in total. The van der Waals surface area contributed by atoms with E-state index in [1.54, 1.807) is 28.6 Å². The Kier molecular flexibility index (Phi) is 7.77. The van der Waals surface area contributed by atoms with Crippen molar-refractivity contribution in [1.82, 2.24) is 20.5 Å². The Hall–Kier alpha value is -3.14. The predicted molar refractivity (Wildman–Crippen MR) is 138 cm³/mol. The van der Waals surface area contributed by atoms with Crippen molar-refractivity contribution >= 4 is 28.8 Å². The van der Waals surface area contributed by atoms with Gasteiger partial charge in [0.1, 0.15) is 0 Å². The number of carbonyl (C=O) groups is 2. The zero-order valence-electron chi connectivity index (χ0n) is 21.1. The summed E-state index contributed by atoms with van der Waals surface area (Å²) in [6.07, 6.45) is 0.145. The first kappa shape index (κ1) is 26.9. The number of fused-ring (bicyclic) bond motifs is 1. The number of allylic oxidation sites excluding steroid dienone is 2. The molecule has 6 nitrogen and oxygen atoms in total. The smallest absolute Gasteiger partial charge is 0.355 e. The third kappa shape index (κ3) is 6.60. The molecular weight excluding hydrogens is 501 g/mol. The van der Waals surface area contributed by atoms with Crippen LogP contribution in [0.25, 0.3) is 5.57 Å². The van der Waals surface area contributed by atoms with Gasteiger partial charge in [-0.2, -0.15) is 13.2 Å². The number of piperidine rings is 1. The molecule has 0 radical (unpaired) electrons. The van der Waals surface area contributed by atoms with E-state index in [1.165, 1.54) is 17.4 Å². The van der Waals surface area contributed by atoms with Crippen molar-refractivity contribution in [3.05, 3.63) is 69.7 Å². The van der Waals surface area contributed by atoms with Gasteiger partial charge in [-0.15, -0.1) is 11.3 Å². The fourth-order valence-electron chi connectivity index (χ4n) is 4.78. The lowest BCUT2D eigenvalue weighted by molar-refractivity contribution is -0.137. The molecule has 0 bridgehead atoms. The van der Waals surface area contributed by atoms with Crippen LogP contribution in [0.5, 0.6) is 0 Å². The second-order valence-electron chi connectivity index (χ2n) is 10.4. The second-order valence-corrected chi connectivity index (χ2v) is 11.1. The Labute approximate surface area is 218 Å². The van der Waals surface area contributed by atoms with Crippen LogP contribution in [0.2, 0.25) is 0 Å². The maximum absolute atomic E-state index is 13.4. The zero-order valence-corrected chi connectivity index (χ0v) is 21.9. The van der Waals surface area contributed by atoms with Crippen LogP contribution in [-0.4, -0.2) is 47.0 Å². The predicted octanol–water partition coefficient (Wildman–Crippen LogP) is 5.29. The number of likely N-dealkylation sites (tertiary alicyclic amines) is 1. The fourth-order valence-corrected chi connectivity index (χ4v) is 5.37. The third-order valence-corrected chi connectivity index (χ3v) is 7.14. The Morgan fingerprint density at radius 2 is 2.00 bits per heavy atom. The molecule has 1 saturated heterocycles. The number of carbonyl (C=O) groups excluding carboxylic acids is 2. The average molecular weight is 533 g/mol. The lowest BCUT2D eigenvalue weighted by atomic mass is 9.73. The molecule has 3 amide bonds. The summed E-state index contributed by atoms with van der Waals surface area (Å²) in [5.74, 6) is -1.05. The van der Waals surface area contributed by atoms with Gasteiger partial charge in [0.15, 0.2) is 0 Å². The van der Waals surface area contributed by atoms with E-state index in [2.05, 4.69) is 15.6 Å². The molecule has 1 aromatic heterocycles. The van der Waals surface area contributed by atoms with Gasteiger partial charge in [0.2, 0.25) is 5.91 Å². The number of alkyl halides is 3. The lowest BCUT2D eigenvalue weighted by Crippen LogP contribution is -2.53. The van der Waals surface area contributed by atoms with Crippen molar-refractivity contribution in [2.45, 2.75) is 45.3 Å². The van der Waals surface area contributed by atoms with Crippen molar-refractivity contribution in [3.8, 4) is 0 Å². The molecule has 1 aromatic carbocycles. The first-order valence-corrected chi connectivity index (χ1v) is 13.2. The van der Waals surface area contributed by atoms with Gasteiger partial charge in [-0.3, -0.25) is 4.79 Å². The number of benzene rings is 1. The van der Waals surface area contributed by atoms with Crippen LogP contribution in [0.4, 0.5) is 18.0 Å². The minimum Gasteiger partial charge on any atom is -0.355 e. The SMILES string of the molecule is CC(C)(C)NC(=O)N1CCC2=C(c3cccc(C(F)(F)F)c3)C=CC(C(=O)NCCc3cscn3)C2C1. The number of amides is 3. The van der Waals surface area contributed by atoms with Gasteiger partial charge in [0, 0.05) is 42.9 Å². The van der Waals surface area contributed by atoms with Gasteiger partial charge in [-0.25, -0.2) is 9.78 Å². The first-order valence-electron chi connectivity index (χ1n) is 12.2. The molecule has 4 rings (SSSR count). The highest BCUT2D eigenvalue weighted by Crippen LogP contribution is 2.41. The summed E-state index contributed by atoms with van der Waals surface area (Å²) in [6.45, 7) is 6.83. The molecular formula is C27H31F3N4O2S. The van der Waals surface area contributed by atoms with Crippen LogP contribution in [-0.2, 0) is 17.4 Å². The van der Waals surface area contributed by atoms with E-state index in [4.69, 9.17) is 0 Å². The quantitative estimate of drug-likeness (QED) is 0.550. The van der Waals surface area contributed by atoms with Gasteiger partial charge in [0.25, 0.3) is 0 Å². The van der Waals surface area contributed by atoms with E-state index in [0.717, 1.165) is 23.4 Å². The van der Waals surface area contributed by atoms with Crippen LogP contribution in [0.15, 0.2) is 52.9 Å². The summed E-state index contributed by atoms with van der Waals surface area (Å²) in [6, 6.07) is 5.04. The maximum atomic E-state index is 13.4. The van der Waals surface area contributed by atoms with Crippen LogP contribution < -0.4 is 10.6 Å². The van der Waals surface area contributed by atoms with E-state index in [0.29, 0.717) is 43.6 Å². The molecule has 2 atom stereocenters. The number of hydrogen-bond acceptors (Lipinski definition) is 4. The number of aromatic nitrogens is 1. The summed E-state index contributed by atoms with van der Waals surface area (Å²) in [5.41, 5.74) is 3.56. The molecule has 37 heavy (non-hydrogen) atoms. The summed E-state index contributed by atoms with van der Waals surface area (Å²) in [5, 5.41) is 7.87. The Balaban J connectivity index is 1.60. The molecule has 1 aliphatic carbocycles. The van der Waals surface area contributed by atoms with Crippen molar-refractivity contribution in [2.75, 3.05) is 19.6 Å². The lowest BCUT2D eigenvalue weighted by Gasteiger charge is -2.41. The summed E-state index contributed by atoms with van der Waals surface area (Å²) >= 11 is 1.49. The van der Waals surface area contributed by atoms with E-state index in [1.807, 2.05) is 26.2 Å². The van der Waals surface area contributed by atoms with Crippen LogP contribution in [0.3, 0.4) is 0 Å². The standard InChI is InChI=1S/C27H31F3N4O2S/c1-26(2,3)33-25(36)34-12-10-21-20(17-5-4-6-18(13-17)27(28,29)30)7-8-22(23(21)14-34)24(35)31-11-9-19-15-37-16-32-19/h4-8,13,15-16,22-23H,9-12,14H2,1-3H3,(H,31,35)(H,33,36).